The molecule has 0 saturated heterocycles. The summed E-state index contributed by atoms with van der Waals surface area (Å²) in [6.07, 6.45) is 6.26. The first-order chi connectivity index (χ1) is 17.2. The Kier molecular flexibility index (Phi) is 6.39. The molecule has 3 aromatic heterocycles. The van der Waals surface area contributed by atoms with Gasteiger partial charge in [-0.15, -0.1) is 0 Å². The fourth-order valence-corrected chi connectivity index (χ4v) is 4.94. The first kappa shape index (κ1) is 24.2. The molecule has 3 heterocycles. The molecule has 2 N–H and O–H groups in total. The van der Waals surface area contributed by atoms with Crippen LogP contribution >= 0.6 is 0 Å². The van der Waals surface area contributed by atoms with Crippen LogP contribution in [0.2, 0.25) is 0 Å². The second-order valence-electron chi connectivity index (χ2n) is 9.11. The molecule has 4 aromatic rings. The van der Waals surface area contributed by atoms with Crippen LogP contribution in [-0.4, -0.2) is 39.6 Å². The summed E-state index contributed by atoms with van der Waals surface area (Å²) in [5, 5.41) is 9.77. The van der Waals surface area contributed by atoms with Crippen molar-refractivity contribution in [3.63, 3.8) is 0 Å². The van der Waals surface area contributed by atoms with E-state index >= 15 is 0 Å². The molecule has 1 fully saturated rings. The van der Waals surface area contributed by atoms with E-state index in [-0.39, 0.29) is 34.1 Å². The van der Waals surface area contributed by atoms with Gasteiger partial charge in [-0.2, -0.15) is 4.98 Å². The zero-order valence-corrected chi connectivity index (χ0v) is 20.6. The number of primary sulfonamides is 1. The first-order valence-corrected chi connectivity index (χ1v) is 13.2. The number of ether oxygens (including phenoxy) is 1. The van der Waals surface area contributed by atoms with Crippen LogP contribution in [0.25, 0.3) is 22.2 Å². The Morgan fingerprint density at radius 1 is 1.14 bits per heavy atom. The molecule has 0 radical (unpaired) electrons. The number of halogens is 1. The molecule has 1 aliphatic rings. The van der Waals surface area contributed by atoms with E-state index in [4.69, 9.17) is 14.4 Å². The summed E-state index contributed by atoms with van der Waals surface area (Å²) in [6, 6.07) is 5.12. The minimum Gasteiger partial charge on any atom is -0.473 e. The molecule has 2 atom stereocenters. The van der Waals surface area contributed by atoms with E-state index < -0.39 is 15.8 Å². The number of hydrogen-bond acceptors (Lipinski definition) is 9. The largest absolute Gasteiger partial charge is 0.473 e. The molecule has 10 nitrogen and oxygen atoms in total. The molecule has 0 spiro atoms. The Hall–Kier alpha value is -3.51. The number of nitrogens with two attached hydrogens (primary N) is 1. The van der Waals surface area contributed by atoms with Crippen molar-refractivity contribution in [2.75, 3.05) is 0 Å². The highest BCUT2D eigenvalue weighted by molar-refractivity contribution is 7.89. The Balaban J connectivity index is 1.51. The molecule has 5 rings (SSSR count). The Morgan fingerprint density at radius 3 is 2.67 bits per heavy atom. The maximum atomic E-state index is 14.9. The number of sulfonamides is 1. The lowest BCUT2D eigenvalue weighted by atomic mass is 9.86. The average molecular weight is 513 g/mol. The lowest BCUT2D eigenvalue weighted by Gasteiger charge is -2.29. The number of nitrogens with zero attached hydrogens (tertiary/aromatic N) is 5. The van der Waals surface area contributed by atoms with Gasteiger partial charge in [0, 0.05) is 17.7 Å². The van der Waals surface area contributed by atoms with Gasteiger partial charge in [0.1, 0.15) is 23.8 Å². The zero-order valence-electron chi connectivity index (χ0n) is 19.8. The molecule has 0 bridgehead atoms. The van der Waals surface area contributed by atoms with Gasteiger partial charge in [0.2, 0.25) is 21.8 Å². The smallest absolute Gasteiger partial charge is 0.238 e. The maximum absolute atomic E-state index is 14.9. The molecule has 36 heavy (non-hydrogen) atoms. The van der Waals surface area contributed by atoms with Crippen molar-refractivity contribution >= 4 is 20.9 Å². The SMILES string of the molecule is CC(C)c1noc(C2CCCCC2Oc2ncnc3c(-c4ccc(S(N)(=O)=O)cc4F)nccc23)n1. The number of benzene rings is 1. The van der Waals surface area contributed by atoms with Crippen molar-refractivity contribution in [3.8, 4) is 17.1 Å². The summed E-state index contributed by atoms with van der Waals surface area (Å²) in [7, 11) is -4.04. The van der Waals surface area contributed by atoms with Gasteiger partial charge >= 0.3 is 0 Å². The van der Waals surface area contributed by atoms with Gasteiger partial charge in [-0.3, -0.25) is 4.98 Å². The highest BCUT2D eigenvalue weighted by Gasteiger charge is 2.33. The summed E-state index contributed by atoms with van der Waals surface area (Å²) < 4.78 is 50.0. The van der Waals surface area contributed by atoms with Crippen molar-refractivity contribution in [1.82, 2.24) is 25.1 Å². The van der Waals surface area contributed by atoms with Gasteiger partial charge < -0.3 is 9.26 Å². The van der Waals surface area contributed by atoms with E-state index in [0.717, 1.165) is 31.7 Å². The minimum absolute atomic E-state index is 0.0757. The Morgan fingerprint density at radius 2 is 1.94 bits per heavy atom. The molecule has 1 aromatic carbocycles. The van der Waals surface area contributed by atoms with Crippen LogP contribution in [0.15, 0.2) is 46.2 Å². The summed E-state index contributed by atoms with van der Waals surface area (Å²) in [4.78, 5) is 17.2. The third-order valence-corrected chi connectivity index (χ3v) is 7.21. The summed E-state index contributed by atoms with van der Waals surface area (Å²) in [5.74, 6) is 0.849. The van der Waals surface area contributed by atoms with Gasteiger partial charge in [0.05, 0.1) is 21.9 Å². The van der Waals surface area contributed by atoms with Crippen LogP contribution in [0.3, 0.4) is 0 Å². The van der Waals surface area contributed by atoms with Crippen molar-refractivity contribution in [2.45, 2.75) is 62.4 Å². The highest BCUT2D eigenvalue weighted by Crippen LogP contribution is 2.37. The molecular weight excluding hydrogens is 487 g/mol. The van der Waals surface area contributed by atoms with Crippen molar-refractivity contribution in [3.05, 3.63) is 54.3 Å². The van der Waals surface area contributed by atoms with Crippen LogP contribution in [0.1, 0.15) is 63.1 Å². The Bertz CT molecular complexity index is 1520. The molecule has 0 aliphatic heterocycles. The average Bonchev–Trinajstić information content (AvgIpc) is 3.34. The van der Waals surface area contributed by atoms with Crippen LogP contribution in [0.5, 0.6) is 5.88 Å². The molecule has 1 saturated carbocycles. The number of aromatic nitrogens is 5. The fourth-order valence-electron chi connectivity index (χ4n) is 4.42. The van der Waals surface area contributed by atoms with Crippen molar-refractivity contribution < 1.29 is 22.1 Å². The number of rotatable bonds is 6. The highest BCUT2D eigenvalue weighted by atomic mass is 32.2. The maximum Gasteiger partial charge on any atom is 0.238 e. The van der Waals surface area contributed by atoms with Crippen LogP contribution in [-0.2, 0) is 10.0 Å². The van der Waals surface area contributed by atoms with E-state index in [9.17, 15) is 12.8 Å². The van der Waals surface area contributed by atoms with Gasteiger partial charge in [-0.25, -0.2) is 27.9 Å². The molecule has 1 aliphatic carbocycles. The topological polar surface area (TPSA) is 147 Å². The van der Waals surface area contributed by atoms with Crippen molar-refractivity contribution in [1.29, 1.82) is 0 Å². The molecular formula is C24H25FN6O4S. The minimum atomic E-state index is -4.04. The molecule has 188 valence electrons. The molecule has 12 heteroatoms. The second kappa shape index (κ2) is 9.51. The van der Waals surface area contributed by atoms with E-state index in [1.54, 1.807) is 6.07 Å². The monoisotopic (exact) mass is 512 g/mol. The lowest BCUT2D eigenvalue weighted by Crippen LogP contribution is -2.29. The third-order valence-electron chi connectivity index (χ3n) is 6.30. The van der Waals surface area contributed by atoms with E-state index in [0.29, 0.717) is 28.5 Å². The predicted molar refractivity (Wildman–Crippen MR) is 128 cm³/mol. The van der Waals surface area contributed by atoms with E-state index in [1.807, 2.05) is 13.8 Å². The lowest BCUT2D eigenvalue weighted by molar-refractivity contribution is 0.110. The fraction of sp³-hybridized carbons (Fsp3) is 0.375. The van der Waals surface area contributed by atoms with Crippen LogP contribution in [0, 0.1) is 5.82 Å². The standard InChI is InChI=1S/C24H25FN6O4S/c1-13(2)22-30-24(35-31-22)16-5-3-4-6-19(16)34-23-17-9-10-27-20(21(17)28-12-29-23)15-8-7-14(11-18(15)25)36(26,32)33/h7-13,16,19H,3-6H2,1-2H3,(H2,26,32,33). The van der Waals surface area contributed by atoms with Gasteiger partial charge in [0.15, 0.2) is 5.82 Å². The van der Waals surface area contributed by atoms with Crippen LogP contribution < -0.4 is 9.88 Å². The van der Waals surface area contributed by atoms with E-state index in [1.165, 1.54) is 24.7 Å². The number of hydrogen-bond donors (Lipinski definition) is 1. The number of fused-ring (bicyclic) bond motifs is 1. The predicted octanol–water partition coefficient (Wildman–Crippen LogP) is 4.09. The normalized spacial score (nSPS) is 18.6. The van der Waals surface area contributed by atoms with Gasteiger partial charge in [-0.1, -0.05) is 25.4 Å². The van der Waals surface area contributed by atoms with Crippen LogP contribution in [0.4, 0.5) is 4.39 Å². The quantitative estimate of drug-likeness (QED) is 0.403. The zero-order chi connectivity index (χ0) is 25.4. The summed E-state index contributed by atoms with van der Waals surface area (Å²) in [6.45, 7) is 4.01. The summed E-state index contributed by atoms with van der Waals surface area (Å²) in [5.41, 5.74) is 0.689. The van der Waals surface area contributed by atoms with Crippen molar-refractivity contribution in [2.24, 2.45) is 5.14 Å². The third kappa shape index (κ3) is 4.65. The summed E-state index contributed by atoms with van der Waals surface area (Å²) >= 11 is 0. The first-order valence-electron chi connectivity index (χ1n) is 11.6. The van der Waals surface area contributed by atoms with E-state index in [2.05, 4.69) is 25.1 Å². The van der Waals surface area contributed by atoms with Gasteiger partial charge in [-0.05, 0) is 43.5 Å². The van der Waals surface area contributed by atoms with Gasteiger partial charge in [0.25, 0.3) is 0 Å². The molecule has 2 unspecified atom stereocenters. The Labute approximate surface area is 207 Å². The molecule has 0 amide bonds. The number of pyridine rings is 1. The second-order valence-corrected chi connectivity index (χ2v) is 10.7.